The van der Waals surface area contributed by atoms with Crippen molar-refractivity contribution in [2.45, 2.75) is 0 Å². The lowest BCUT2D eigenvalue weighted by molar-refractivity contribution is 1.52. The fourth-order valence-corrected chi connectivity index (χ4v) is 3.46. The maximum absolute atomic E-state index is 6.03. The second kappa shape index (κ2) is 6.02. The molecule has 0 spiro atoms. The third-order valence-corrected chi connectivity index (χ3v) is 6.67. The van der Waals surface area contributed by atoms with E-state index < -0.39 is 0 Å². The number of hydrogen-bond acceptors (Lipinski definition) is 0. The van der Waals surface area contributed by atoms with E-state index in [0.717, 1.165) is 24.5 Å². The number of hydrogen-bond donors (Lipinski definition) is 0. The van der Waals surface area contributed by atoms with Crippen molar-refractivity contribution in [1.82, 2.24) is 0 Å². The van der Waals surface area contributed by atoms with Gasteiger partial charge in [0, 0.05) is 13.4 Å². The molecule has 0 aliphatic carbocycles. The molecule has 0 atom stereocenters. The van der Waals surface area contributed by atoms with Crippen LogP contribution in [0.5, 0.6) is 0 Å². The maximum atomic E-state index is 6.03. The molecule has 0 amide bonds. The van der Waals surface area contributed by atoms with Crippen LogP contribution in [0, 0.1) is 0 Å². The molecule has 0 nitrogen and oxygen atoms in total. The summed E-state index contributed by atoms with van der Waals surface area (Å²) in [5, 5.41) is 1.25. The van der Waals surface area contributed by atoms with Crippen LogP contribution in [0.2, 0.25) is 15.1 Å². The lowest BCUT2D eigenvalue weighted by atomic mass is 10.1. The molecule has 18 heavy (non-hydrogen) atoms. The second-order valence-electron chi connectivity index (χ2n) is 3.51. The highest BCUT2D eigenvalue weighted by molar-refractivity contribution is 9.14. The van der Waals surface area contributed by atoms with E-state index in [-0.39, 0.29) is 0 Å². The first kappa shape index (κ1) is 15.1. The number of rotatable bonds is 1. The summed E-state index contributed by atoms with van der Waals surface area (Å²) in [6.45, 7) is 0. The van der Waals surface area contributed by atoms with Crippen LogP contribution in [0.15, 0.2) is 37.7 Å². The SMILES string of the molecule is Clc1cc(-c2cc(Br)c(Br)c(Br)c2)cc(Cl)c1Cl. The Kier molecular flexibility index (Phi) is 5.07. The normalized spacial score (nSPS) is 10.8. The average Bonchev–Trinajstić information content (AvgIpc) is 2.31. The van der Waals surface area contributed by atoms with E-state index in [2.05, 4.69) is 47.8 Å². The van der Waals surface area contributed by atoms with Gasteiger partial charge in [-0.05, 0) is 83.2 Å². The summed E-state index contributed by atoms with van der Waals surface area (Å²) in [6, 6.07) is 7.53. The highest BCUT2D eigenvalue weighted by Crippen LogP contribution is 2.39. The molecule has 0 bridgehead atoms. The zero-order chi connectivity index (χ0) is 13.4. The molecular formula is C12H4Br3Cl3. The third-order valence-electron chi connectivity index (χ3n) is 2.30. The fourth-order valence-electron chi connectivity index (χ4n) is 1.44. The Morgan fingerprint density at radius 1 is 0.667 bits per heavy atom. The zero-order valence-corrected chi connectivity index (χ0v) is 15.6. The molecule has 2 rings (SSSR count). The summed E-state index contributed by atoms with van der Waals surface area (Å²) in [5.74, 6) is 0. The highest BCUT2D eigenvalue weighted by atomic mass is 79.9. The van der Waals surface area contributed by atoms with Crippen molar-refractivity contribution in [2.75, 3.05) is 0 Å². The predicted molar refractivity (Wildman–Crippen MR) is 90.0 cm³/mol. The molecule has 2 aromatic rings. The van der Waals surface area contributed by atoms with Gasteiger partial charge >= 0.3 is 0 Å². The van der Waals surface area contributed by atoms with Crippen LogP contribution in [0.3, 0.4) is 0 Å². The number of benzene rings is 2. The Morgan fingerprint density at radius 2 is 1.06 bits per heavy atom. The van der Waals surface area contributed by atoms with Gasteiger partial charge in [-0.25, -0.2) is 0 Å². The van der Waals surface area contributed by atoms with Gasteiger partial charge in [-0.1, -0.05) is 34.8 Å². The van der Waals surface area contributed by atoms with Crippen LogP contribution < -0.4 is 0 Å². The molecule has 0 aliphatic heterocycles. The molecular weight excluding hydrogens is 490 g/mol. The average molecular weight is 494 g/mol. The summed E-state index contributed by atoms with van der Waals surface area (Å²) in [7, 11) is 0. The summed E-state index contributed by atoms with van der Waals surface area (Å²) >= 11 is 28.4. The summed E-state index contributed by atoms with van der Waals surface area (Å²) < 4.78 is 2.83. The Labute approximate surface area is 145 Å². The Morgan fingerprint density at radius 3 is 1.50 bits per heavy atom. The summed E-state index contributed by atoms with van der Waals surface area (Å²) in [4.78, 5) is 0. The van der Waals surface area contributed by atoms with Gasteiger partial charge in [0.25, 0.3) is 0 Å². The van der Waals surface area contributed by atoms with Gasteiger partial charge < -0.3 is 0 Å². The Bertz CT molecular complexity index is 524. The fraction of sp³-hybridized carbons (Fsp3) is 0. The van der Waals surface area contributed by atoms with E-state index >= 15 is 0 Å². The van der Waals surface area contributed by atoms with Gasteiger partial charge in [-0.2, -0.15) is 0 Å². The van der Waals surface area contributed by atoms with Gasteiger partial charge in [-0.15, -0.1) is 0 Å². The summed E-state index contributed by atoms with van der Waals surface area (Å²) in [6.07, 6.45) is 0. The monoisotopic (exact) mass is 490 g/mol. The molecule has 94 valence electrons. The minimum atomic E-state index is 0.373. The zero-order valence-electron chi connectivity index (χ0n) is 8.58. The lowest BCUT2D eigenvalue weighted by Gasteiger charge is -2.08. The van der Waals surface area contributed by atoms with Gasteiger partial charge in [0.1, 0.15) is 0 Å². The van der Waals surface area contributed by atoms with Crippen molar-refractivity contribution < 1.29 is 0 Å². The van der Waals surface area contributed by atoms with Crippen LogP contribution in [-0.4, -0.2) is 0 Å². The first-order valence-electron chi connectivity index (χ1n) is 4.69. The van der Waals surface area contributed by atoms with Gasteiger partial charge in [-0.3, -0.25) is 0 Å². The number of halogens is 6. The first-order valence-corrected chi connectivity index (χ1v) is 8.21. The minimum absolute atomic E-state index is 0.373. The van der Waals surface area contributed by atoms with Crippen LogP contribution in [-0.2, 0) is 0 Å². The van der Waals surface area contributed by atoms with Crippen molar-refractivity contribution in [1.29, 1.82) is 0 Å². The third kappa shape index (κ3) is 3.08. The van der Waals surface area contributed by atoms with Crippen LogP contribution in [0.4, 0.5) is 0 Å². The molecule has 0 aliphatic rings. The van der Waals surface area contributed by atoms with E-state index in [9.17, 15) is 0 Å². The lowest BCUT2D eigenvalue weighted by Crippen LogP contribution is -1.83. The van der Waals surface area contributed by atoms with Crippen LogP contribution >= 0.6 is 82.6 Å². The Hall–Kier alpha value is 0.750. The molecule has 0 saturated heterocycles. The smallest absolute Gasteiger partial charge is 0.0778 e. The largest absolute Gasteiger partial charge is 0.0826 e. The molecule has 0 unspecified atom stereocenters. The molecule has 2 aromatic carbocycles. The van der Waals surface area contributed by atoms with E-state index in [1.54, 1.807) is 12.1 Å². The predicted octanol–water partition coefficient (Wildman–Crippen LogP) is 7.60. The van der Waals surface area contributed by atoms with E-state index in [0.29, 0.717) is 15.1 Å². The van der Waals surface area contributed by atoms with E-state index in [4.69, 9.17) is 34.8 Å². The minimum Gasteiger partial charge on any atom is -0.0826 e. The van der Waals surface area contributed by atoms with Gasteiger partial charge in [0.15, 0.2) is 0 Å². The maximum Gasteiger partial charge on any atom is 0.0778 e. The van der Waals surface area contributed by atoms with Crippen LogP contribution in [0.25, 0.3) is 11.1 Å². The Balaban J connectivity index is 2.63. The van der Waals surface area contributed by atoms with Gasteiger partial charge in [0.2, 0.25) is 0 Å². The molecule has 0 saturated carbocycles. The second-order valence-corrected chi connectivity index (χ2v) is 7.20. The van der Waals surface area contributed by atoms with Gasteiger partial charge in [0.05, 0.1) is 15.1 Å². The van der Waals surface area contributed by atoms with Crippen molar-refractivity contribution >= 4 is 82.6 Å². The quantitative estimate of drug-likeness (QED) is 0.358. The van der Waals surface area contributed by atoms with Crippen molar-refractivity contribution in [3.63, 3.8) is 0 Å². The molecule has 0 aromatic heterocycles. The first-order chi connectivity index (χ1) is 8.40. The standard InChI is InChI=1S/C12H4Br3Cl3/c13-7-1-5(2-8(14)11(7)15)6-3-9(16)12(18)10(17)4-6/h1-4H. The van der Waals surface area contributed by atoms with Crippen molar-refractivity contribution in [2.24, 2.45) is 0 Å². The van der Waals surface area contributed by atoms with Crippen molar-refractivity contribution in [3.8, 4) is 11.1 Å². The van der Waals surface area contributed by atoms with Crippen LogP contribution in [0.1, 0.15) is 0 Å². The molecule has 0 N–H and O–H groups in total. The molecule has 6 heteroatoms. The molecule has 0 heterocycles. The van der Waals surface area contributed by atoms with Crippen molar-refractivity contribution in [3.05, 3.63) is 52.8 Å². The van der Waals surface area contributed by atoms with E-state index in [1.807, 2.05) is 12.1 Å². The molecule has 0 radical (unpaired) electrons. The highest BCUT2D eigenvalue weighted by Gasteiger charge is 2.10. The molecule has 0 fully saturated rings. The topological polar surface area (TPSA) is 0 Å². The van der Waals surface area contributed by atoms with E-state index in [1.165, 1.54) is 0 Å². The summed E-state index contributed by atoms with van der Waals surface area (Å²) in [5.41, 5.74) is 1.89.